The van der Waals surface area contributed by atoms with E-state index in [9.17, 15) is 9.59 Å². The Morgan fingerprint density at radius 1 is 1.44 bits per heavy atom. The van der Waals surface area contributed by atoms with Crippen molar-refractivity contribution in [2.75, 3.05) is 23.4 Å². The zero-order chi connectivity index (χ0) is 13.4. The Kier molecular flexibility index (Phi) is 3.30. The molecule has 1 aliphatic heterocycles. The van der Waals surface area contributed by atoms with E-state index in [0.717, 1.165) is 10.2 Å². The van der Waals surface area contributed by atoms with Gasteiger partial charge in [0, 0.05) is 11.5 Å². The summed E-state index contributed by atoms with van der Waals surface area (Å²) in [6.07, 6.45) is 0. The molecule has 5 nitrogen and oxygen atoms in total. The highest BCUT2D eigenvalue weighted by Gasteiger charge is 2.33. The van der Waals surface area contributed by atoms with Crippen molar-refractivity contribution in [3.8, 4) is 0 Å². The number of anilines is 2. The van der Waals surface area contributed by atoms with Gasteiger partial charge in [0.2, 0.25) is 5.91 Å². The topological polar surface area (TPSA) is 60.9 Å². The van der Waals surface area contributed by atoms with Crippen LogP contribution in [0, 0.1) is 0 Å². The smallest absolute Gasteiger partial charge is 0.326 e. The standard InChI is InChI=1S/C12H13BrN2O3/c1-7(12(17)18)15-10-5-8(13)3-4-9(10)14(2)6-11(15)16/h3-5,7H,6H2,1-2H3,(H,17,18). The fourth-order valence-corrected chi connectivity index (χ4v) is 2.39. The van der Waals surface area contributed by atoms with Gasteiger partial charge >= 0.3 is 5.97 Å². The van der Waals surface area contributed by atoms with Crippen molar-refractivity contribution >= 4 is 39.2 Å². The molecule has 1 unspecified atom stereocenters. The molecule has 0 spiro atoms. The second-order valence-electron chi connectivity index (χ2n) is 4.27. The number of carbonyl (C=O) groups excluding carboxylic acids is 1. The zero-order valence-corrected chi connectivity index (χ0v) is 11.6. The third-order valence-electron chi connectivity index (χ3n) is 2.99. The first-order valence-corrected chi connectivity index (χ1v) is 6.26. The molecule has 2 rings (SSSR count). The monoisotopic (exact) mass is 312 g/mol. The number of hydrogen-bond acceptors (Lipinski definition) is 3. The molecule has 0 aromatic heterocycles. The maximum Gasteiger partial charge on any atom is 0.326 e. The number of carboxylic acid groups (broad SMARTS) is 1. The lowest BCUT2D eigenvalue weighted by Crippen LogP contribution is -2.51. The van der Waals surface area contributed by atoms with E-state index in [-0.39, 0.29) is 12.5 Å². The van der Waals surface area contributed by atoms with E-state index in [1.165, 1.54) is 11.8 Å². The van der Waals surface area contributed by atoms with Gasteiger partial charge < -0.3 is 10.0 Å². The van der Waals surface area contributed by atoms with Crippen LogP contribution in [0.3, 0.4) is 0 Å². The number of carbonyl (C=O) groups is 2. The van der Waals surface area contributed by atoms with Crippen LogP contribution >= 0.6 is 15.9 Å². The Morgan fingerprint density at radius 2 is 2.11 bits per heavy atom. The van der Waals surface area contributed by atoms with Crippen LogP contribution in [0.1, 0.15) is 6.92 Å². The first kappa shape index (κ1) is 12.9. The molecule has 96 valence electrons. The van der Waals surface area contributed by atoms with Gasteiger partial charge in [0.1, 0.15) is 6.04 Å². The fraction of sp³-hybridized carbons (Fsp3) is 0.333. The minimum absolute atomic E-state index is 0.187. The van der Waals surface area contributed by atoms with Crippen LogP contribution in [0.2, 0.25) is 0 Å². The molecule has 0 radical (unpaired) electrons. The van der Waals surface area contributed by atoms with Crippen LogP contribution in [0.15, 0.2) is 22.7 Å². The van der Waals surface area contributed by atoms with Gasteiger partial charge in [0.15, 0.2) is 0 Å². The molecule has 1 aromatic rings. The first-order valence-electron chi connectivity index (χ1n) is 5.47. The van der Waals surface area contributed by atoms with Crippen LogP contribution < -0.4 is 9.80 Å². The summed E-state index contributed by atoms with van der Waals surface area (Å²) in [7, 11) is 1.81. The number of fused-ring (bicyclic) bond motifs is 1. The maximum absolute atomic E-state index is 12.0. The summed E-state index contributed by atoms with van der Waals surface area (Å²) < 4.78 is 0.812. The molecule has 0 saturated heterocycles. The molecule has 0 bridgehead atoms. The quantitative estimate of drug-likeness (QED) is 0.903. The number of rotatable bonds is 2. The molecule has 1 heterocycles. The summed E-state index contributed by atoms with van der Waals surface area (Å²) in [6, 6.07) is 4.63. The van der Waals surface area contributed by atoms with Gasteiger partial charge in [0.25, 0.3) is 0 Å². The minimum atomic E-state index is -1.01. The molecule has 0 aliphatic carbocycles. The van der Waals surface area contributed by atoms with E-state index in [4.69, 9.17) is 5.11 Å². The van der Waals surface area contributed by atoms with Crippen LogP contribution in [0.4, 0.5) is 11.4 Å². The van der Waals surface area contributed by atoms with Gasteiger partial charge in [-0.05, 0) is 25.1 Å². The third kappa shape index (κ3) is 2.08. The fourth-order valence-electron chi connectivity index (χ4n) is 2.05. The molecule has 0 fully saturated rings. The lowest BCUT2D eigenvalue weighted by atomic mass is 10.1. The van der Waals surface area contributed by atoms with E-state index >= 15 is 0 Å². The molecule has 0 saturated carbocycles. The molecule has 1 atom stereocenters. The third-order valence-corrected chi connectivity index (χ3v) is 3.49. The molecule has 18 heavy (non-hydrogen) atoms. The highest BCUT2D eigenvalue weighted by Crippen LogP contribution is 2.36. The molecular formula is C12H13BrN2O3. The summed E-state index contributed by atoms with van der Waals surface area (Å²) in [5.41, 5.74) is 1.48. The summed E-state index contributed by atoms with van der Waals surface area (Å²) in [5, 5.41) is 9.09. The molecule has 6 heteroatoms. The van der Waals surface area contributed by atoms with Crippen molar-refractivity contribution in [2.45, 2.75) is 13.0 Å². The van der Waals surface area contributed by atoms with Crippen LogP contribution in [-0.2, 0) is 9.59 Å². The Balaban J connectivity index is 2.55. The summed E-state index contributed by atoms with van der Waals surface area (Å²) in [4.78, 5) is 26.3. The average molecular weight is 313 g/mol. The van der Waals surface area contributed by atoms with Gasteiger partial charge in [0.05, 0.1) is 17.9 Å². The van der Waals surface area contributed by atoms with Crippen molar-refractivity contribution in [2.24, 2.45) is 0 Å². The maximum atomic E-state index is 12.0. The zero-order valence-electron chi connectivity index (χ0n) is 10.1. The molecule has 1 amide bonds. The van der Waals surface area contributed by atoms with Crippen molar-refractivity contribution < 1.29 is 14.7 Å². The van der Waals surface area contributed by atoms with Crippen LogP contribution in [-0.4, -0.2) is 36.6 Å². The second-order valence-corrected chi connectivity index (χ2v) is 5.18. The van der Waals surface area contributed by atoms with E-state index in [1.54, 1.807) is 6.07 Å². The minimum Gasteiger partial charge on any atom is -0.480 e. The number of nitrogens with zero attached hydrogens (tertiary/aromatic N) is 2. The van der Waals surface area contributed by atoms with Gasteiger partial charge in [-0.15, -0.1) is 0 Å². The van der Waals surface area contributed by atoms with E-state index in [2.05, 4.69) is 15.9 Å². The lowest BCUT2D eigenvalue weighted by Gasteiger charge is -2.37. The van der Waals surface area contributed by atoms with E-state index < -0.39 is 12.0 Å². The lowest BCUT2D eigenvalue weighted by molar-refractivity contribution is -0.139. The number of carboxylic acids is 1. The summed E-state index contributed by atoms with van der Waals surface area (Å²) >= 11 is 3.34. The summed E-state index contributed by atoms with van der Waals surface area (Å²) in [5.74, 6) is -1.23. The number of hydrogen-bond donors (Lipinski definition) is 1. The largest absolute Gasteiger partial charge is 0.480 e. The van der Waals surface area contributed by atoms with Crippen LogP contribution in [0.25, 0.3) is 0 Å². The SMILES string of the molecule is CC(C(=O)O)N1C(=O)CN(C)c2ccc(Br)cc21. The summed E-state index contributed by atoms with van der Waals surface area (Å²) in [6.45, 7) is 1.70. The highest BCUT2D eigenvalue weighted by atomic mass is 79.9. The van der Waals surface area contributed by atoms with Gasteiger partial charge in [-0.2, -0.15) is 0 Å². The first-order chi connectivity index (χ1) is 8.41. The van der Waals surface area contributed by atoms with Crippen LogP contribution in [0.5, 0.6) is 0 Å². The van der Waals surface area contributed by atoms with Gasteiger partial charge in [-0.1, -0.05) is 15.9 Å². The molecule has 1 aliphatic rings. The second kappa shape index (κ2) is 4.61. The van der Waals surface area contributed by atoms with Crippen molar-refractivity contribution in [1.82, 2.24) is 0 Å². The number of halogens is 1. The number of amides is 1. The molecular weight excluding hydrogens is 300 g/mol. The van der Waals surface area contributed by atoms with E-state index in [1.807, 2.05) is 24.1 Å². The Morgan fingerprint density at radius 3 is 2.72 bits per heavy atom. The van der Waals surface area contributed by atoms with Crippen molar-refractivity contribution in [3.63, 3.8) is 0 Å². The average Bonchev–Trinajstić information content (AvgIpc) is 2.27. The number of likely N-dealkylation sites (N-methyl/N-ethyl adjacent to an activating group) is 1. The number of aliphatic carboxylic acids is 1. The highest BCUT2D eigenvalue weighted by molar-refractivity contribution is 9.10. The Labute approximate surface area is 113 Å². The van der Waals surface area contributed by atoms with Crippen molar-refractivity contribution in [1.29, 1.82) is 0 Å². The van der Waals surface area contributed by atoms with E-state index in [0.29, 0.717) is 5.69 Å². The normalized spacial score (nSPS) is 16.5. The molecule has 1 aromatic carbocycles. The number of benzene rings is 1. The Bertz CT molecular complexity index is 518. The van der Waals surface area contributed by atoms with Gasteiger partial charge in [-0.3, -0.25) is 9.69 Å². The van der Waals surface area contributed by atoms with Crippen molar-refractivity contribution in [3.05, 3.63) is 22.7 Å². The predicted octanol–water partition coefficient (Wildman–Crippen LogP) is 1.70. The Hall–Kier alpha value is -1.56. The molecule has 1 N–H and O–H groups in total. The van der Waals surface area contributed by atoms with Gasteiger partial charge in [-0.25, -0.2) is 4.79 Å². The predicted molar refractivity (Wildman–Crippen MR) is 72.0 cm³/mol.